The lowest BCUT2D eigenvalue weighted by molar-refractivity contribution is 0.0587. The van der Waals surface area contributed by atoms with Crippen LogP contribution in [0, 0.1) is 17.9 Å². The zero-order valence-electron chi connectivity index (χ0n) is 17.7. The first-order valence-corrected chi connectivity index (χ1v) is 11.0. The average molecular weight is 477 g/mol. The van der Waals surface area contributed by atoms with Gasteiger partial charge in [-0.05, 0) is 44.7 Å². The van der Waals surface area contributed by atoms with Crippen LogP contribution in [0.5, 0.6) is 17.5 Å². The van der Waals surface area contributed by atoms with Crippen molar-refractivity contribution in [3.8, 4) is 17.5 Å². The second-order valence-electron chi connectivity index (χ2n) is 8.31. The number of carbonyl (C=O) groups is 1. The molecule has 0 N–H and O–H groups in total. The predicted octanol–water partition coefficient (Wildman–Crippen LogP) is 5.76. The highest BCUT2D eigenvalue weighted by molar-refractivity contribution is 6.33. The fourth-order valence-electron chi connectivity index (χ4n) is 3.87. The molecule has 168 valence electrons. The summed E-state index contributed by atoms with van der Waals surface area (Å²) in [4.78, 5) is 25.5. The summed E-state index contributed by atoms with van der Waals surface area (Å²) in [7, 11) is 0. The van der Waals surface area contributed by atoms with Gasteiger partial charge in [0.1, 0.15) is 12.1 Å². The minimum absolute atomic E-state index is 0.0167. The maximum Gasteiger partial charge on any atom is 0.410 e. The van der Waals surface area contributed by atoms with E-state index >= 15 is 0 Å². The number of carbonyl (C=O) groups excluding carboxylic acids is 1. The van der Waals surface area contributed by atoms with Crippen LogP contribution in [0.2, 0.25) is 10.0 Å². The lowest BCUT2D eigenvalue weighted by atomic mass is 9.96. The number of nitrogens with zero attached hydrogens (tertiary/aromatic N) is 4. The summed E-state index contributed by atoms with van der Waals surface area (Å²) < 4.78 is 17.0. The Kier molecular flexibility index (Phi) is 6.31. The van der Waals surface area contributed by atoms with Crippen molar-refractivity contribution >= 4 is 35.0 Å². The molecule has 0 radical (unpaired) electrons. The molecule has 4 rings (SSSR count). The number of piperidine rings is 1. The molecular formula is C22H22Cl2N4O4. The van der Waals surface area contributed by atoms with Gasteiger partial charge >= 0.3 is 6.09 Å². The van der Waals surface area contributed by atoms with Gasteiger partial charge in [-0.25, -0.2) is 14.6 Å². The number of aromatic nitrogens is 2. The number of benzene rings is 1. The largest absolute Gasteiger partial charge is 0.476 e. The second-order valence-corrected chi connectivity index (χ2v) is 9.09. The van der Waals surface area contributed by atoms with Crippen molar-refractivity contribution in [3.05, 3.63) is 46.0 Å². The average Bonchev–Trinajstić information content (AvgIpc) is 3.49. The van der Waals surface area contributed by atoms with Crippen LogP contribution in [0.4, 0.5) is 10.5 Å². The Hall–Kier alpha value is -2.76. The van der Waals surface area contributed by atoms with E-state index in [0.29, 0.717) is 37.1 Å². The summed E-state index contributed by atoms with van der Waals surface area (Å²) in [6, 6.07) is 4.68. The van der Waals surface area contributed by atoms with Crippen LogP contribution in [-0.4, -0.2) is 46.8 Å². The SMILES string of the molecule is [C-]#[N+]c1ccc(Oc2ncnc(OCC34CCN(C(=O)OC(C)C)CC3C4)c2Cl)c(Cl)c1. The van der Waals surface area contributed by atoms with Crippen molar-refractivity contribution in [3.63, 3.8) is 0 Å². The van der Waals surface area contributed by atoms with Crippen molar-refractivity contribution in [2.24, 2.45) is 11.3 Å². The predicted molar refractivity (Wildman–Crippen MR) is 119 cm³/mol. The molecule has 2 unspecified atom stereocenters. The van der Waals surface area contributed by atoms with Crippen LogP contribution in [0.25, 0.3) is 4.85 Å². The van der Waals surface area contributed by atoms with Crippen LogP contribution >= 0.6 is 23.2 Å². The Balaban J connectivity index is 1.38. The Bertz CT molecular complexity index is 1070. The van der Waals surface area contributed by atoms with Crippen LogP contribution in [0.3, 0.4) is 0 Å². The molecule has 0 bridgehead atoms. The fraction of sp³-hybridized carbons (Fsp3) is 0.455. The molecule has 2 aliphatic rings. The van der Waals surface area contributed by atoms with E-state index in [-0.39, 0.29) is 39.4 Å². The molecule has 2 heterocycles. The molecule has 1 saturated heterocycles. The zero-order chi connectivity index (χ0) is 22.9. The molecule has 1 aromatic heterocycles. The minimum Gasteiger partial charge on any atom is -0.476 e. The van der Waals surface area contributed by atoms with Gasteiger partial charge in [0.15, 0.2) is 10.7 Å². The Labute approximate surface area is 196 Å². The smallest absolute Gasteiger partial charge is 0.410 e. The molecule has 10 heteroatoms. The number of ether oxygens (including phenoxy) is 3. The van der Waals surface area contributed by atoms with Crippen molar-refractivity contribution in [2.45, 2.75) is 32.8 Å². The molecule has 1 aromatic carbocycles. The van der Waals surface area contributed by atoms with E-state index in [0.717, 1.165) is 12.8 Å². The van der Waals surface area contributed by atoms with Gasteiger partial charge in [0, 0.05) is 18.5 Å². The van der Waals surface area contributed by atoms with Crippen molar-refractivity contribution in [2.75, 3.05) is 19.7 Å². The summed E-state index contributed by atoms with van der Waals surface area (Å²) >= 11 is 12.6. The maximum atomic E-state index is 12.1. The Morgan fingerprint density at radius 3 is 2.81 bits per heavy atom. The first kappa shape index (κ1) is 22.4. The zero-order valence-corrected chi connectivity index (χ0v) is 19.2. The highest BCUT2D eigenvalue weighted by Gasteiger charge is 2.58. The Morgan fingerprint density at radius 2 is 2.12 bits per heavy atom. The number of likely N-dealkylation sites (tertiary alicyclic amines) is 1. The van der Waals surface area contributed by atoms with Gasteiger partial charge in [0.2, 0.25) is 11.8 Å². The van der Waals surface area contributed by atoms with Gasteiger partial charge in [-0.2, -0.15) is 4.98 Å². The number of amides is 1. The molecule has 2 atom stereocenters. The monoisotopic (exact) mass is 476 g/mol. The van der Waals surface area contributed by atoms with Gasteiger partial charge in [0.25, 0.3) is 0 Å². The van der Waals surface area contributed by atoms with Crippen molar-refractivity contribution in [1.82, 2.24) is 14.9 Å². The first-order chi connectivity index (χ1) is 15.3. The third kappa shape index (κ3) is 4.69. The van der Waals surface area contributed by atoms with Crippen LogP contribution in [0.15, 0.2) is 24.5 Å². The summed E-state index contributed by atoms with van der Waals surface area (Å²) in [5, 5.41) is 0.419. The molecular weight excluding hydrogens is 455 g/mol. The number of halogens is 2. The first-order valence-electron chi connectivity index (χ1n) is 10.2. The summed E-state index contributed by atoms with van der Waals surface area (Å²) in [6.45, 7) is 12.5. The van der Waals surface area contributed by atoms with Gasteiger partial charge < -0.3 is 19.1 Å². The fourth-order valence-corrected chi connectivity index (χ4v) is 4.27. The van der Waals surface area contributed by atoms with Crippen LogP contribution in [0.1, 0.15) is 26.7 Å². The molecule has 2 aromatic rings. The second kappa shape index (κ2) is 9.00. The van der Waals surface area contributed by atoms with E-state index in [4.69, 9.17) is 44.0 Å². The lowest BCUT2D eigenvalue weighted by Gasteiger charge is -2.31. The van der Waals surface area contributed by atoms with E-state index in [1.54, 1.807) is 17.0 Å². The van der Waals surface area contributed by atoms with E-state index in [1.807, 2.05) is 13.8 Å². The van der Waals surface area contributed by atoms with Gasteiger partial charge in [0.05, 0.1) is 24.3 Å². The molecule has 8 nitrogen and oxygen atoms in total. The van der Waals surface area contributed by atoms with Crippen molar-refractivity contribution in [1.29, 1.82) is 0 Å². The maximum absolute atomic E-state index is 12.1. The van der Waals surface area contributed by atoms with E-state index in [1.165, 1.54) is 12.4 Å². The van der Waals surface area contributed by atoms with E-state index in [2.05, 4.69) is 14.8 Å². The van der Waals surface area contributed by atoms with E-state index in [9.17, 15) is 4.79 Å². The van der Waals surface area contributed by atoms with E-state index < -0.39 is 0 Å². The molecule has 2 fully saturated rings. The molecule has 1 aliphatic carbocycles. The van der Waals surface area contributed by atoms with Gasteiger partial charge in [-0.15, -0.1) is 0 Å². The number of rotatable bonds is 6. The van der Waals surface area contributed by atoms with Crippen LogP contribution < -0.4 is 9.47 Å². The highest BCUT2D eigenvalue weighted by Crippen LogP contribution is 2.58. The third-order valence-electron chi connectivity index (χ3n) is 5.75. The molecule has 0 spiro atoms. The summed E-state index contributed by atoms with van der Waals surface area (Å²) in [5.41, 5.74) is 0.421. The topological polar surface area (TPSA) is 78.1 Å². The molecule has 1 aliphatic heterocycles. The summed E-state index contributed by atoms with van der Waals surface area (Å²) in [5.74, 6) is 1.04. The van der Waals surface area contributed by atoms with Gasteiger partial charge in [-0.1, -0.05) is 29.3 Å². The molecule has 1 amide bonds. The molecule has 1 saturated carbocycles. The number of hydrogen-bond acceptors (Lipinski definition) is 6. The van der Waals surface area contributed by atoms with Crippen molar-refractivity contribution < 1.29 is 19.0 Å². The quantitative estimate of drug-likeness (QED) is 0.492. The highest BCUT2D eigenvalue weighted by atomic mass is 35.5. The number of fused-ring (bicyclic) bond motifs is 1. The number of hydrogen-bond donors (Lipinski definition) is 0. The van der Waals surface area contributed by atoms with Crippen LogP contribution in [-0.2, 0) is 4.74 Å². The Morgan fingerprint density at radius 1 is 1.34 bits per heavy atom. The molecule has 32 heavy (non-hydrogen) atoms. The minimum atomic E-state index is -0.259. The normalized spacial score (nSPS) is 21.5. The standard InChI is InChI=1S/C22H22Cl2N4O4/c1-13(2)31-21(29)28-7-6-22(9-14(22)10-28)11-30-19-18(24)20(27-12-26-19)32-17-5-4-15(25-3)8-16(17)23/h4-5,8,12-14H,6-7,9-11H2,1-2H3. The van der Waals surface area contributed by atoms with Gasteiger partial charge in [-0.3, -0.25) is 0 Å². The third-order valence-corrected chi connectivity index (χ3v) is 6.37. The summed E-state index contributed by atoms with van der Waals surface area (Å²) in [6.07, 6.45) is 2.73. The lowest BCUT2D eigenvalue weighted by Crippen LogP contribution is -2.41.